The van der Waals surface area contributed by atoms with E-state index in [1.165, 1.54) is 12.3 Å². The SMILES string of the molecule is CCOc1cc(/C=N\NC(=O)c2ccc3ccccc3c2O)ccc1O. The number of carbonyl (C=O) groups is 1. The molecule has 6 nitrogen and oxygen atoms in total. The van der Waals surface area contributed by atoms with Gasteiger partial charge < -0.3 is 14.9 Å². The van der Waals surface area contributed by atoms with E-state index in [0.717, 1.165) is 5.39 Å². The van der Waals surface area contributed by atoms with Gasteiger partial charge in [-0.15, -0.1) is 0 Å². The summed E-state index contributed by atoms with van der Waals surface area (Å²) in [4.78, 5) is 12.3. The summed E-state index contributed by atoms with van der Waals surface area (Å²) in [6.07, 6.45) is 1.43. The Bertz CT molecular complexity index is 983. The van der Waals surface area contributed by atoms with Gasteiger partial charge in [-0.2, -0.15) is 5.10 Å². The highest BCUT2D eigenvalue weighted by Gasteiger charge is 2.13. The van der Waals surface area contributed by atoms with Gasteiger partial charge in [0.05, 0.1) is 18.4 Å². The van der Waals surface area contributed by atoms with Crippen LogP contribution in [-0.4, -0.2) is 28.9 Å². The number of ether oxygens (including phenoxy) is 1. The summed E-state index contributed by atoms with van der Waals surface area (Å²) in [5.41, 5.74) is 3.17. The fourth-order valence-electron chi connectivity index (χ4n) is 2.55. The standard InChI is InChI=1S/C20H18N2O4/c1-2-26-18-11-13(7-10-17(18)23)12-21-22-20(25)16-9-8-14-5-3-4-6-15(14)19(16)24/h3-12,23-24H,2H2,1H3,(H,22,25)/b21-12-. The van der Waals surface area contributed by atoms with E-state index in [1.807, 2.05) is 19.1 Å². The van der Waals surface area contributed by atoms with Crippen molar-refractivity contribution in [1.29, 1.82) is 0 Å². The number of phenols is 2. The van der Waals surface area contributed by atoms with Crippen molar-refractivity contribution in [2.75, 3.05) is 6.61 Å². The second kappa shape index (κ2) is 7.57. The quantitative estimate of drug-likeness (QED) is 0.486. The number of nitrogens with one attached hydrogen (secondary N) is 1. The van der Waals surface area contributed by atoms with Crippen molar-refractivity contribution in [1.82, 2.24) is 5.43 Å². The van der Waals surface area contributed by atoms with Gasteiger partial charge in [-0.25, -0.2) is 5.43 Å². The normalized spacial score (nSPS) is 11.0. The van der Waals surface area contributed by atoms with Crippen LogP contribution in [-0.2, 0) is 0 Å². The molecule has 0 heterocycles. The van der Waals surface area contributed by atoms with Gasteiger partial charge in [-0.1, -0.05) is 30.3 Å². The van der Waals surface area contributed by atoms with Gasteiger partial charge >= 0.3 is 0 Å². The molecule has 132 valence electrons. The van der Waals surface area contributed by atoms with Gasteiger partial charge in [0, 0.05) is 5.39 Å². The fourth-order valence-corrected chi connectivity index (χ4v) is 2.55. The first-order chi connectivity index (χ1) is 12.6. The Morgan fingerprint density at radius 2 is 1.96 bits per heavy atom. The lowest BCUT2D eigenvalue weighted by molar-refractivity contribution is 0.0952. The Labute approximate surface area is 150 Å². The highest BCUT2D eigenvalue weighted by molar-refractivity contribution is 6.03. The molecule has 0 atom stereocenters. The summed E-state index contributed by atoms with van der Waals surface area (Å²) < 4.78 is 5.30. The molecule has 6 heteroatoms. The Hall–Kier alpha value is -3.54. The predicted octanol–water partition coefficient (Wildman–Crippen LogP) is 3.41. The van der Waals surface area contributed by atoms with Crippen molar-refractivity contribution in [3.05, 3.63) is 65.7 Å². The number of rotatable bonds is 5. The van der Waals surface area contributed by atoms with Crippen LogP contribution < -0.4 is 10.2 Å². The fraction of sp³-hybridized carbons (Fsp3) is 0.100. The van der Waals surface area contributed by atoms with E-state index in [1.54, 1.807) is 36.4 Å². The van der Waals surface area contributed by atoms with E-state index in [4.69, 9.17) is 4.74 Å². The number of carbonyl (C=O) groups excluding carboxylic acids is 1. The monoisotopic (exact) mass is 350 g/mol. The van der Waals surface area contributed by atoms with E-state index < -0.39 is 5.91 Å². The van der Waals surface area contributed by atoms with Crippen LogP contribution in [0.2, 0.25) is 0 Å². The maximum absolute atomic E-state index is 12.3. The number of hydrogen-bond donors (Lipinski definition) is 3. The minimum Gasteiger partial charge on any atom is -0.506 e. The van der Waals surface area contributed by atoms with Crippen LogP contribution in [0.25, 0.3) is 10.8 Å². The molecule has 0 aliphatic carbocycles. The molecule has 0 radical (unpaired) electrons. The number of hydrazone groups is 1. The van der Waals surface area contributed by atoms with Crippen LogP contribution in [0.1, 0.15) is 22.8 Å². The Kier molecular flexibility index (Phi) is 5.03. The Morgan fingerprint density at radius 3 is 2.77 bits per heavy atom. The number of hydrogen-bond acceptors (Lipinski definition) is 5. The summed E-state index contributed by atoms with van der Waals surface area (Å²) in [6.45, 7) is 2.24. The van der Waals surface area contributed by atoms with Crippen molar-refractivity contribution < 1.29 is 19.7 Å². The molecule has 0 aliphatic heterocycles. The van der Waals surface area contributed by atoms with Crippen molar-refractivity contribution in [3.8, 4) is 17.2 Å². The van der Waals surface area contributed by atoms with Crippen LogP contribution in [0.15, 0.2) is 59.7 Å². The molecule has 0 saturated heterocycles. The molecule has 3 rings (SSSR count). The molecule has 3 aromatic carbocycles. The van der Waals surface area contributed by atoms with Gasteiger partial charge in [0.25, 0.3) is 5.91 Å². The minimum absolute atomic E-state index is 0.0362. The zero-order chi connectivity index (χ0) is 18.5. The van der Waals surface area contributed by atoms with E-state index in [2.05, 4.69) is 10.5 Å². The van der Waals surface area contributed by atoms with Crippen LogP contribution >= 0.6 is 0 Å². The lowest BCUT2D eigenvalue weighted by Crippen LogP contribution is -2.17. The maximum atomic E-state index is 12.3. The van der Waals surface area contributed by atoms with Crippen molar-refractivity contribution in [2.45, 2.75) is 6.92 Å². The van der Waals surface area contributed by atoms with Gasteiger partial charge in [-0.3, -0.25) is 4.79 Å². The third-order valence-corrected chi connectivity index (χ3v) is 3.81. The average Bonchev–Trinajstić information content (AvgIpc) is 2.65. The number of aromatic hydroxyl groups is 2. The second-order valence-corrected chi connectivity index (χ2v) is 5.54. The van der Waals surface area contributed by atoms with Gasteiger partial charge in [0.15, 0.2) is 11.5 Å². The minimum atomic E-state index is -0.520. The van der Waals surface area contributed by atoms with Gasteiger partial charge in [-0.05, 0) is 42.1 Å². The summed E-state index contributed by atoms with van der Waals surface area (Å²) in [5, 5.41) is 25.3. The lowest BCUT2D eigenvalue weighted by atomic mass is 10.1. The number of fused-ring (bicyclic) bond motifs is 1. The third-order valence-electron chi connectivity index (χ3n) is 3.81. The Morgan fingerprint density at radius 1 is 1.15 bits per heavy atom. The highest BCUT2D eigenvalue weighted by atomic mass is 16.5. The van der Waals surface area contributed by atoms with E-state index >= 15 is 0 Å². The molecule has 0 unspecified atom stereocenters. The zero-order valence-corrected chi connectivity index (χ0v) is 14.1. The van der Waals surface area contributed by atoms with E-state index in [-0.39, 0.29) is 17.1 Å². The summed E-state index contributed by atoms with van der Waals surface area (Å²) in [6, 6.07) is 15.3. The Balaban J connectivity index is 1.76. The number of benzene rings is 3. The van der Waals surface area contributed by atoms with Gasteiger partial charge in [0.1, 0.15) is 5.75 Å². The van der Waals surface area contributed by atoms with Gasteiger partial charge in [0.2, 0.25) is 0 Å². The molecule has 0 aliphatic rings. The topological polar surface area (TPSA) is 91.2 Å². The van der Waals surface area contributed by atoms with E-state index in [0.29, 0.717) is 23.3 Å². The second-order valence-electron chi connectivity index (χ2n) is 5.54. The maximum Gasteiger partial charge on any atom is 0.275 e. The van der Waals surface area contributed by atoms with Crippen LogP contribution in [0.3, 0.4) is 0 Å². The first-order valence-electron chi connectivity index (χ1n) is 8.10. The van der Waals surface area contributed by atoms with Crippen molar-refractivity contribution in [3.63, 3.8) is 0 Å². The van der Waals surface area contributed by atoms with Crippen LogP contribution in [0, 0.1) is 0 Å². The molecular formula is C20H18N2O4. The number of amides is 1. The number of nitrogens with zero attached hydrogens (tertiary/aromatic N) is 1. The van der Waals surface area contributed by atoms with Crippen molar-refractivity contribution in [2.24, 2.45) is 5.10 Å². The summed E-state index contributed by atoms with van der Waals surface area (Å²) in [7, 11) is 0. The molecule has 1 amide bonds. The van der Waals surface area contributed by atoms with Crippen molar-refractivity contribution >= 4 is 22.9 Å². The highest BCUT2D eigenvalue weighted by Crippen LogP contribution is 2.28. The third kappa shape index (κ3) is 3.59. The molecule has 3 aromatic rings. The molecule has 0 aromatic heterocycles. The summed E-state index contributed by atoms with van der Waals surface area (Å²) in [5.74, 6) is -0.226. The molecule has 3 N–H and O–H groups in total. The lowest BCUT2D eigenvalue weighted by Gasteiger charge is -2.07. The largest absolute Gasteiger partial charge is 0.506 e. The van der Waals surface area contributed by atoms with E-state index in [9.17, 15) is 15.0 Å². The average molecular weight is 350 g/mol. The molecular weight excluding hydrogens is 332 g/mol. The van der Waals surface area contributed by atoms with Crippen LogP contribution in [0.4, 0.5) is 0 Å². The molecule has 26 heavy (non-hydrogen) atoms. The molecule has 0 spiro atoms. The van der Waals surface area contributed by atoms with Crippen LogP contribution in [0.5, 0.6) is 17.2 Å². The summed E-state index contributed by atoms with van der Waals surface area (Å²) >= 11 is 0. The molecule has 0 saturated carbocycles. The predicted molar refractivity (Wildman–Crippen MR) is 99.9 cm³/mol. The number of phenolic OH excluding ortho intramolecular Hbond substituents is 2. The first-order valence-corrected chi connectivity index (χ1v) is 8.10. The molecule has 0 fully saturated rings. The first kappa shape index (κ1) is 17.3. The zero-order valence-electron chi connectivity index (χ0n) is 14.1. The smallest absolute Gasteiger partial charge is 0.275 e. The molecule has 0 bridgehead atoms.